The number of anilines is 1. The minimum absolute atomic E-state index is 0.207. The molecule has 0 unspecified atom stereocenters. The number of hydrogen-bond donors (Lipinski definition) is 1. The van der Waals surface area contributed by atoms with Crippen LogP contribution >= 0.6 is 11.6 Å². The van der Waals surface area contributed by atoms with Crippen LogP contribution in [-0.2, 0) is 0 Å². The lowest BCUT2D eigenvalue weighted by atomic mass is 9.89. The molecule has 0 saturated carbocycles. The number of nitrogens with zero attached hydrogens (tertiary/aromatic N) is 1. The first-order valence-corrected chi connectivity index (χ1v) is 6.74. The molecule has 1 aromatic carbocycles. The summed E-state index contributed by atoms with van der Waals surface area (Å²) < 4.78 is 0. The maximum atomic E-state index is 8.91. The summed E-state index contributed by atoms with van der Waals surface area (Å²) in [5.41, 5.74) is 1.95. The molecule has 0 amide bonds. The van der Waals surface area contributed by atoms with Crippen molar-refractivity contribution in [3.8, 4) is 6.07 Å². The molecule has 0 saturated heterocycles. The molecule has 1 N–H and O–H groups in total. The van der Waals surface area contributed by atoms with Gasteiger partial charge in [-0.3, -0.25) is 0 Å². The van der Waals surface area contributed by atoms with Crippen LogP contribution in [0.5, 0.6) is 0 Å². The van der Waals surface area contributed by atoms with Crippen molar-refractivity contribution in [3.05, 3.63) is 28.8 Å². The lowest BCUT2D eigenvalue weighted by Gasteiger charge is -2.15. The van der Waals surface area contributed by atoms with E-state index in [0.717, 1.165) is 36.5 Å². The Morgan fingerprint density at radius 3 is 2.67 bits per heavy atom. The minimum Gasteiger partial charge on any atom is -0.384 e. The predicted octanol–water partition coefficient (Wildman–Crippen LogP) is 4.78. The van der Waals surface area contributed by atoms with Gasteiger partial charge in [0.15, 0.2) is 0 Å². The molecule has 98 valence electrons. The highest BCUT2D eigenvalue weighted by Crippen LogP contribution is 2.24. The molecule has 0 spiro atoms. The SMILES string of the molecule is Cc1ccc(NCCCCC(C)(C)C#N)c(Cl)c1. The van der Waals surface area contributed by atoms with Crippen molar-refractivity contribution in [2.24, 2.45) is 5.41 Å². The molecule has 0 fully saturated rings. The molecule has 0 aliphatic heterocycles. The molecule has 0 aromatic heterocycles. The fourth-order valence-electron chi connectivity index (χ4n) is 1.73. The Morgan fingerprint density at radius 2 is 2.06 bits per heavy atom. The maximum absolute atomic E-state index is 8.91. The average molecular weight is 265 g/mol. The number of benzene rings is 1. The van der Waals surface area contributed by atoms with Crippen LogP contribution in [0.1, 0.15) is 38.7 Å². The van der Waals surface area contributed by atoms with Gasteiger partial charge in [-0.25, -0.2) is 0 Å². The van der Waals surface area contributed by atoms with Gasteiger partial charge in [0.1, 0.15) is 0 Å². The number of aryl methyl sites for hydroxylation is 1. The number of rotatable bonds is 6. The van der Waals surface area contributed by atoms with Gasteiger partial charge in [0.05, 0.1) is 22.2 Å². The topological polar surface area (TPSA) is 35.8 Å². The zero-order valence-corrected chi connectivity index (χ0v) is 12.1. The summed E-state index contributed by atoms with van der Waals surface area (Å²) in [6.07, 6.45) is 3.04. The van der Waals surface area contributed by atoms with Gasteiger partial charge in [-0.05, 0) is 51.3 Å². The van der Waals surface area contributed by atoms with Crippen LogP contribution in [-0.4, -0.2) is 6.54 Å². The Hall–Kier alpha value is -1.20. The van der Waals surface area contributed by atoms with Crippen molar-refractivity contribution in [1.29, 1.82) is 5.26 Å². The average Bonchev–Trinajstić information content (AvgIpc) is 2.31. The summed E-state index contributed by atoms with van der Waals surface area (Å²) in [7, 11) is 0. The second kappa shape index (κ2) is 6.66. The second-order valence-corrected chi connectivity index (χ2v) is 5.77. The van der Waals surface area contributed by atoms with Gasteiger partial charge < -0.3 is 5.32 Å². The van der Waals surface area contributed by atoms with Crippen LogP contribution in [0.15, 0.2) is 18.2 Å². The summed E-state index contributed by atoms with van der Waals surface area (Å²) in [6, 6.07) is 8.34. The zero-order chi connectivity index (χ0) is 13.6. The Bertz CT molecular complexity index is 433. The van der Waals surface area contributed by atoms with Crippen LogP contribution < -0.4 is 5.32 Å². The van der Waals surface area contributed by atoms with Gasteiger partial charge in [-0.15, -0.1) is 0 Å². The molecular formula is C15H21ClN2. The molecule has 0 aliphatic rings. The second-order valence-electron chi connectivity index (χ2n) is 5.36. The van der Waals surface area contributed by atoms with Gasteiger partial charge in [-0.2, -0.15) is 5.26 Å². The monoisotopic (exact) mass is 264 g/mol. The molecule has 0 heterocycles. The van der Waals surface area contributed by atoms with Crippen LogP contribution in [0.3, 0.4) is 0 Å². The van der Waals surface area contributed by atoms with E-state index in [1.54, 1.807) is 0 Å². The van der Waals surface area contributed by atoms with Crippen molar-refractivity contribution in [2.75, 3.05) is 11.9 Å². The Morgan fingerprint density at radius 1 is 1.33 bits per heavy atom. The van der Waals surface area contributed by atoms with E-state index in [2.05, 4.69) is 11.4 Å². The van der Waals surface area contributed by atoms with Crippen molar-refractivity contribution < 1.29 is 0 Å². The lowest BCUT2D eigenvalue weighted by Crippen LogP contribution is -2.09. The van der Waals surface area contributed by atoms with E-state index in [4.69, 9.17) is 16.9 Å². The van der Waals surface area contributed by atoms with Crippen LogP contribution in [0.2, 0.25) is 5.02 Å². The van der Waals surface area contributed by atoms with Crippen molar-refractivity contribution >= 4 is 17.3 Å². The number of unbranched alkanes of at least 4 members (excludes halogenated alkanes) is 1. The molecule has 1 aromatic rings. The number of nitriles is 1. The maximum Gasteiger partial charge on any atom is 0.0683 e. The van der Waals surface area contributed by atoms with Gasteiger partial charge in [-0.1, -0.05) is 24.1 Å². The van der Waals surface area contributed by atoms with Crippen LogP contribution in [0, 0.1) is 23.7 Å². The Balaban J connectivity index is 2.29. The third-order valence-electron chi connectivity index (χ3n) is 2.97. The van der Waals surface area contributed by atoms with Crippen molar-refractivity contribution in [2.45, 2.75) is 40.0 Å². The summed E-state index contributed by atoms with van der Waals surface area (Å²) in [6.45, 7) is 6.89. The lowest BCUT2D eigenvalue weighted by molar-refractivity contribution is 0.430. The largest absolute Gasteiger partial charge is 0.384 e. The number of halogens is 1. The van der Waals surface area contributed by atoms with E-state index < -0.39 is 0 Å². The fourth-order valence-corrected chi connectivity index (χ4v) is 2.04. The molecule has 0 radical (unpaired) electrons. The molecular weight excluding hydrogens is 244 g/mol. The molecule has 18 heavy (non-hydrogen) atoms. The highest BCUT2D eigenvalue weighted by Gasteiger charge is 2.15. The van der Waals surface area contributed by atoms with Gasteiger partial charge >= 0.3 is 0 Å². The fraction of sp³-hybridized carbons (Fsp3) is 0.533. The Labute approximate surface area is 115 Å². The minimum atomic E-state index is -0.207. The third-order valence-corrected chi connectivity index (χ3v) is 3.28. The van der Waals surface area contributed by atoms with Crippen molar-refractivity contribution in [3.63, 3.8) is 0 Å². The highest BCUT2D eigenvalue weighted by molar-refractivity contribution is 6.33. The number of hydrogen-bond acceptors (Lipinski definition) is 2. The highest BCUT2D eigenvalue weighted by atomic mass is 35.5. The number of nitrogens with one attached hydrogen (secondary N) is 1. The quantitative estimate of drug-likeness (QED) is 0.751. The molecule has 2 nitrogen and oxygen atoms in total. The predicted molar refractivity (Wildman–Crippen MR) is 77.9 cm³/mol. The van der Waals surface area contributed by atoms with Crippen LogP contribution in [0.4, 0.5) is 5.69 Å². The first-order valence-electron chi connectivity index (χ1n) is 6.36. The van der Waals surface area contributed by atoms with E-state index in [-0.39, 0.29) is 5.41 Å². The summed E-state index contributed by atoms with van der Waals surface area (Å²) in [4.78, 5) is 0. The molecule has 0 atom stereocenters. The van der Waals surface area contributed by atoms with Crippen LogP contribution in [0.25, 0.3) is 0 Å². The summed E-state index contributed by atoms with van der Waals surface area (Å²) in [5, 5.41) is 13.0. The van der Waals surface area contributed by atoms with E-state index in [1.165, 1.54) is 5.56 Å². The van der Waals surface area contributed by atoms with E-state index in [9.17, 15) is 0 Å². The van der Waals surface area contributed by atoms with E-state index >= 15 is 0 Å². The first kappa shape index (κ1) is 14.9. The van der Waals surface area contributed by atoms with Gasteiger partial charge in [0.2, 0.25) is 0 Å². The summed E-state index contributed by atoms with van der Waals surface area (Å²) in [5.74, 6) is 0. The van der Waals surface area contributed by atoms with Crippen molar-refractivity contribution in [1.82, 2.24) is 0 Å². The van der Waals surface area contributed by atoms with E-state index in [0.29, 0.717) is 0 Å². The standard InChI is InChI=1S/C15H21ClN2/c1-12-6-7-14(13(16)10-12)18-9-5-4-8-15(2,3)11-17/h6-7,10,18H,4-5,8-9H2,1-3H3. The van der Waals surface area contributed by atoms with Gasteiger partial charge in [0, 0.05) is 6.54 Å². The smallest absolute Gasteiger partial charge is 0.0683 e. The molecule has 1 rings (SSSR count). The molecule has 0 aliphatic carbocycles. The van der Waals surface area contributed by atoms with Gasteiger partial charge in [0.25, 0.3) is 0 Å². The zero-order valence-electron chi connectivity index (χ0n) is 11.4. The first-order chi connectivity index (χ1) is 8.44. The van der Waals surface area contributed by atoms with E-state index in [1.807, 2.05) is 39.0 Å². The summed E-state index contributed by atoms with van der Waals surface area (Å²) >= 11 is 6.13. The third kappa shape index (κ3) is 4.98. The normalized spacial score (nSPS) is 11.1. The molecule has 3 heteroatoms. The molecule has 0 bridgehead atoms. The Kier molecular flexibility index (Phi) is 5.50.